The number of aryl methyl sites for hydroxylation is 1. The van der Waals surface area contributed by atoms with Gasteiger partial charge in [0.15, 0.2) is 11.6 Å². The minimum atomic E-state index is -0.282. The molecule has 0 spiro atoms. The van der Waals surface area contributed by atoms with Gasteiger partial charge in [-0.15, -0.1) is 0 Å². The lowest BCUT2D eigenvalue weighted by atomic mass is 10.1. The highest BCUT2D eigenvalue weighted by molar-refractivity contribution is 6.03. The summed E-state index contributed by atoms with van der Waals surface area (Å²) in [5.74, 6) is 0.998. The van der Waals surface area contributed by atoms with Gasteiger partial charge in [-0.25, -0.2) is 14.8 Å². The number of rotatable bonds is 2. The SMILES string of the molecule is Cc1cncc(-c2ccc3c(n2)N(C(=O)Nc2cnccn2)[C@H](C)CCCN3)c1. The molecule has 1 aliphatic rings. The van der Waals surface area contributed by atoms with Crippen molar-refractivity contribution in [1.29, 1.82) is 0 Å². The van der Waals surface area contributed by atoms with E-state index in [1.807, 2.05) is 32.0 Å². The first kappa shape index (κ1) is 18.8. The quantitative estimate of drug-likeness (QED) is 0.691. The molecule has 8 heteroatoms. The van der Waals surface area contributed by atoms with Crippen LogP contribution >= 0.6 is 0 Å². The van der Waals surface area contributed by atoms with Crippen LogP contribution in [0, 0.1) is 6.92 Å². The summed E-state index contributed by atoms with van der Waals surface area (Å²) in [4.78, 5) is 32.1. The second-order valence-corrected chi connectivity index (χ2v) is 7.13. The smallest absolute Gasteiger partial charge is 0.329 e. The van der Waals surface area contributed by atoms with Crippen LogP contribution in [0.3, 0.4) is 0 Å². The number of pyridine rings is 2. The molecule has 0 fully saturated rings. The van der Waals surface area contributed by atoms with E-state index in [-0.39, 0.29) is 12.1 Å². The van der Waals surface area contributed by atoms with E-state index >= 15 is 0 Å². The molecule has 29 heavy (non-hydrogen) atoms. The number of hydrogen-bond donors (Lipinski definition) is 2. The van der Waals surface area contributed by atoms with E-state index in [4.69, 9.17) is 4.98 Å². The Balaban J connectivity index is 1.74. The molecule has 4 heterocycles. The molecule has 1 atom stereocenters. The lowest BCUT2D eigenvalue weighted by Gasteiger charge is -2.32. The molecule has 0 unspecified atom stereocenters. The van der Waals surface area contributed by atoms with Gasteiger partial charge in [-0.2, -0.15) is 0 Å². The summed E-state index contributed by atoms with van der Waals surface area (Å²) in [6.45, 7) is 4.87. The number of amides is 2. The third-order valence-corrected chi connectivity index (χ3v) is 4.85. The third kappa shape index (κ3) is 4.16. The predicted molar refractivity (Wildman–Crippen MR) is 113 cm³/mol. The van der Waals surface area contributed by atoms with E-state index in [0.29, 0.717) is 11.6 Å². The fourth-order valence-electron chi connectivity index (χ4n) is 3.41. The van der Waals surface area contributed by atoms with Gasteiger partial charge in [0.05, 0.1) is 17.6 Å². The summed E-state index contributed by atoms with van der Waals surface area (Å²) in [6, 6.07) is 5.65. The highest BCUT2D eigenvalue weighted by Gasteiger charge is 2.28. The Labute approximate surface area is 169 Å². The number of aromatic nitrogens is 4. The molecule has 8 nitrogen and oxygen atoms in total. The standard InChI is InChI=1S/C21H23N7O/c1-14-10-16(12-23-11-14)17-5-6-18-20(26-17)28(15(2)4-3-7-24-18)21(29)27-19-13-22-8-9-25-19/h5-6,8-13,15,24H,3-4,7H2,1-2H3,(H,25,27,29)/t15-/m1/s1. The average molecular weight is 389 g/mol. The molecule has 1 aliphatic heterocycles. The summed E-state index contributed by atoms with van der Waals surface area (Å²) >= 11 is 0. The number of hydrogen-bond acceptors (Lipinski definition) is 6. The van der Waals surface area contributed by atoms with Crippen molar-refractivity contribution in [2.24, 2.45) is 0 Å². The van der Waals surface area contributed by atoms with Gasteiger partial charge in [-0.05, 0) is 50.5 Å². The Morgan fingerprint density at radius 3 is 2.90 bits per heavy atom. The predicted octanol–water partition coefficient (Wildman–Crippen LogP) is 3.87. The molecule has 2 amide bonds. The number of carbonyl (C=O) groups is 1. The van der Waals surface area contributed by atoms with Crippen LogP contribution in [0.15, 0.2) is 49.2 Å². The lowest BCUT2D eigenvalue weighted by molar-refractivity contribution is 0.254. The second kappa shape index (κ2) is 8.22. The maximum atomic E-state index is 13.2. The van der Waals surface area contributed by atoms with Crippen molar-refractivity contribution in [3.05, 3.63) is 54.7 Å². The van der Waals surface area contributed by atoms with E-state index in [1.165, 1.54) is 6.20 Å². The van der Waals surface area contributed by atoms with Gasteiger partial charge in [-0.1, -0.05) is 0 Å². The van der Waals surface area contributed by atoms with Crippen molar-refractivity contribution in [2.45, 2.75) is 32.7 Å². The topological polar surface area (TPSA) is 95.9 Å². The molecule has 0 radical (unpaired) electrons. The zero-order valence-corrected chi connectivity index (χ0v) is 16.5. The van der Waals surface area contributed by atoms with Crippen molar-refractivity contribution < 1.29 is 4.79 Å². The number of nitrogens with one attached hydrogen (secondary N) is 2. The fourth-order valence-corrected chi connectivity index (χ4v) is 3.41. The number of fused-ring (bicyclic) bond motifs is 1. The van der Waals surface area contributed by atoms with Gasteiger partial charge < -0.3 is 5.32 Å². The van der Waals surface area contributed by atoms with E-state index < -0.39 is 0 Å². The first-order valence-electron chi connectivity index (χ1n) is 9.65. The van der Waals surface area contributed by atoms with Crippen LogP contribution < -0.4 is 15.5 Å². The molecule has 3 aromatic heterocycles. The van der Waals surface area contributed by atoms with Crippen LogP contribution in [0.2, 0.25) is 0 Å². The molecule has 0 aliphatic carbocycles. The Morgan fingerprint density at radius 2 is 2.10 bits per heavy atom. The molecule has 0 bridgehead atoms. The number of urea groups is 1. The number of anilines is 3. The van der Waals surface area contributed by atoms with Crippen LogP contribution in [0.5, 0.6) is 0 Å². The summed E-state index contributed by atoms with van der Waals surface area (Å²) in [6.07, 6.45) is 10.0. The van der Waals surface area contributed by atoms with Crippen molar-refractivity contribution in [3.8, 4) is 11.3 Å². The van der Waals surface area contributed by atoms with Crippen molar-refractivity contribution in [3.63, 3.8) is 0 Å². The zero-order chi connectivity index (χ0) is 20.2. The highest BCUT2D eigenvalue weighted by Crippen LogP contribution is 2.32. The first-order chi connectivity index (χ1) is 14.1. The molecule has 3 aromatic rings. The molecule has 0 saturated carbocycles. The summed E-state index contributed by atoms with van der Waals surface area (Å²) in [5.41, 5.74) is 3.57. The second-order valence-electron chi connectivity index (χ2n) is 7.13. The van der Waals surface area contributed by atoms with E-state index in [0.717, 1.165) is 41.9 Å². The van der Waals surface area contributed by atoms with Crippen LogP contribution in [0.1, 0.15) is 25.3 Å². The van der Waals surface area contributed by atoms with Gasteiger partial charge in [0.1, 0.15) is 0 Å². The maximum Gasteiger partial charge on any atom is 0.329 e. The van der Waals surface area contributed by atoms with Gasteiger partial charge in [0.2, 0.25) is 0 Å². The molecular formula is C21H23N7O. The third-order valence-electron chi connectivity index (χ3n) is 4.85. The molecule has 4 rings (SSSR count). The summed E-state index contributed by atoms with van der Waals surface area (Å²) in [5, 5.41) is 6.23. The van der Waals surface area contributed by atoms with Crippen LogP contribution in [-0.2, 0) is 0 Å². The van der Waals surface area contributed by atoms with Crippen LogP contribution in [0.25, 0.3) is 11.3 Å². The molecule has 2 N–H and O–H groups in total. The minimum Gasteiger partial charge on any atom is -0.382 e. The zero-order valence-electron chi connectivity index (χ0n) is 16.5. The monoisotopic (exact) mass is 389 g/mol. The van der Waals surface area contributed by atoms with E-state index in [1.54, 1.807) is 29.7 Å². The van der Waals surface area contributed by atoms with Gasteiger partial charge >= 0.3 is 6.03 Å². The Bertz CT molecular complexity index is 1010. The van der Waals surface area contributed by atoms with Gasteiger partial charge in [-0.3, -0.25) is 20.2 Å². The summed E-state index contributed by atoms with van der Waals surface area (Å²) in [7, 11) is 0. The molecule has 0 aromatic carbocycles. The fraction of sp³-hybridized carbons (Fsp3) is 0.286. The van der Waals surface area contributed by atoms with Crippen LogP contribution in [-0.4, -0.2) is 38.6 Å². The van der Waals surface area contributed by atoms with Crippen molar-refractivity contribution in [2.75, 3.05) is 22.1 Å². The Morgan fingerprint density at radius 1 is 1.21 bits per heavy atom. The first-order valence-corrected chi connectivity index (χ1v) is 9.65. The molecule has 148 valence electrons. The van der Waals surface area contributed by atoms with Crippen molar-refractivity contribution >= 4 is 23.4 Å². The minimum absolute atomic E-state index is 0.0223. The van der Waals surface area contributed by atoms with E-state index in [9.17, 15) is 4.79 Å². The highest BCUT2D eigenvalue weighted by atomic mass is 16.2. The summed E-state index contributed by atoms with van der Waals surface area (Å²) < 4.78 is 0. The number of nitrogens with zero attached hydrogens (tertiary/aromatic N) is 5. The Hall–Kier alpha value is -3.55. The lowest BCUT2D eigenvalue weighted by Crippen LogP contribution is -2.43. The number of carbonyl (C=O) groups excluding carboxylic acids is 1. The van der Waals surface area contributed by atoms with E-state index in [2.05, 4.69) is 25.6 Å². The maximum absolute atomic E-state index is 13.2. The normalized spacial score (nSPS) is 16.2. The average Bonchev–Trinajstić information content (AvgIpc) is 2.71. The van der Waals surface area contributed by atoms with Gasteiger partial charge in [0, 0.05) is 42.9 Å². The largest absolute Gasteiger partial charge is 0.382 e. The van der Waals surface area contributed by atoms with Crippen LogP contribution in [0.4, 0.5) is 22.1 Å². The molecular weight excluding hydrogens is 366 g/mol. The Kier molecular flexibility index (Phi) is 5.33. The van der Waals surface area contributed by atoms with Crippen molar-refractivity contribution in [1.82, 2.24) is 19.9 Å². The van der Waals surface area contributed by atoms with Gasteiger partial charge in [0.25, 0.3) is 0 Å². The molecule has 0 saturated heterocycles.